The maximum absolute atomic E-state index is 12.0. The number of hydroxylamine groups is 1. The molecule has 0 aromatic carbocycles. The summed E-state index contributed by atoms with van der Waals surface area (Å²) >= 11 is 0. The third kappa shape index (κ3) is 7.96. The van der Waals surface area contributed by atoms with Crippen LogP contribution in [0.25, 0.3) is 0 Å². The Bertz CT molecular complexity index is 483. The molecule has 0 aromatic rings. The summed E-state index contributed by atoms with van der Waals surface area (Å²) in [4.78, 5) is 40.1. The molecule has 0 unspecified atom stereocenters. The van der Waals surface area contributed by atoms with Crippen molar-refractivity contribution in [2.75, 3.05) is 13.2 Å². The topological polar surface area (TPSA) is 103 Å². The molecule has 1 rings (SSSR count). The highest BCUT2D eigenvalue weighted by Crippen LogP contribution is 2.17. The van der Waals surface area contributed by atoms with Crippen LogP contribution in [-0.2, 0) is 23.9 Å². The van der Waals surface area contributed by atoms with Gasteiger partial charge < -0.3 is 14.8 Å². The Balaban J connectivity index is 2.72. The maximum Gasteiger partial charge on any atom is 0.408 e. The van der Waals surface area contributed by atoms with Crippen LogP contribution in [0.15, 0.2) is 12.2 Å². The second-order valence-electron chi connectivity index (χ2n) is 6.40. The lowest BCUT2D eigenvalue weighted by Gasteiger charge is -2.26. The van der Waals surface area contributed by atoms with Gasteiger partial charge in [-0.25, -0.2) is 15.1 Å². The van der Waals surface area contributed by atoms with Gasteiger partial charge in [-0.2, -0.15) is 0 Å². The van der Waals surface area contributed by atoms with Gasteiger partial charge in [0.1, 0.15) is 5.60 Å². The number of nitrogens with one attached hydrogen (secondary N) is 2. The molecular weight excluding hydrogens is 316 g/mol. The predicted molar refractivity (Wildman–Crippen MR) is 85.7 cm³/mol. The van der Waals surface area contributed by atoms with Crippen molar-refractivity contribution in [3.05, 3.63) is 12.2 Å². The molecule has 0 saturated carbocycles. The summed E-state index contributed by atoms with van der Waals surface area (Å²) in [6.45, 7) is 7.62. The lowest BCUT2D eigenvalue weighted by molar-refractivity contribution is -0.145. The van der Waals surface area contributed by atoms with Gasteiger partial charge in [-0.05, 0) is 40.5 Å². The number of esters is 1. The van der Waals surface area contributed by atoms with Crippen LogP contribution in [0.3, 0.4) is 0 Å². The first-order valence-corrected chi connectivity index (χ1v) is 7.97. The van der Waals surface area contributed by atoms with E-state index in [-0.39, 0.29) is 18.4 Å². The number of amides is 2. The highest BCUT2D eigenvalue weighted by atomic mass is 16.7. The molecule has 0 aliphatic carbocycles. The lowest BCUT2D eigenvalue weighted by atomic mass is 9.95. The Kier molecular flexibility index (Phi) is 7.70. The van der Waals surface area contributed by atoms with Crippen molar-refractivity contribution in [2.24, 2.45) is 5.92 Å². The van der Waals surface area contributed by atoms with Gasteiger partial charge in [0.05, 0.1) is 19.3 Å². The van der Waals surface area contributed by atoms with E-state index < -0.39 is 23.7 Å². The number of hydrogen-bond donors (Lipinski definition) is 2. The number of hydrogen-bond acceptors (Lipinski definition) is 6. The summed E-state index contributed by atoms with van der Waals surface area (Å²) in [6.07, 6.45) is 2.98. The predicted octanol–water partition coefficient (Wildman–Crippen LogP) is 1.46. The molecule has 1 aliphatic rings. The van der Waals surface area contributed by atoms with E-state index in [1.165, 1.54) is 12.2 Å². The van der Waals surface area contributed by atoms with Crippen molar-refractivity contribution in [1.82, 2.24) is 10.8 Å². The Hall–Kier alpha value is -2.09. The molecule has 1 saturated heterocycles. The Morgan fingerprint density at radius 1 is 1.46 bits per heavy atom. The van der Waals surface area contributed by atoms with Crippen molar-refractivity contribution in [3.8, 4) is 0 Å². The molecule has 8 heteroatoms. The zero-order valence-electron chi connectivity index (χ0n) is 14.6. The van der Waals surface area contributed by atoms with E-state index in [2.05, 4.69) is 10.8 Å². The van der Waals surface area contributed by atoms with E-state index in [0.29, 0.717) is 19.4 Å². The smallest absolute Gasteiger partial charge is 0.408 e. The second-order valence-corrected chi connectivity index (χ2v) is 6.40. The lowest BCUT2D eigenvalue weighted by Crippen LogP contribution is -2.43. The fraction of sp³-hybridized carbons (Fsp3) is 0.688. The minimum Gasteiger partial charge on any atom is -0.463 e. The standard InChI is InChI=1S/C16H26N2O6/c1-5-22-13(19)7-6-12(17-15(21)24-16(2,3)4)10-11-8-9-23-18-14(11)20/h6-7,11-12H,5,8-10H2,1-4H3,(H,17,21)(H,18,20)/t11-,12+/m0/s1. The first-order valence-electron chi connectivity index (χ1n) is 7.97. The molecule has 2 N–H and O–H groups in total. The van der Waals surface area contributed by atoms with Gasteiger partial charge in [0.15, 0.2) is 0 Å². The molecule has 0 aromatic heterocycles. The normalized spacial score (nSPS) is 19.5. The van der Waals surface area contributed by atoms with Gasteiger partial charge in [0.2, 0.25) is 5.91 Å². The average molecular weight is 342 g/mol. The van der Waals surface area contributed by atoms with Gasteiger partial charge in [-0.3, -0.25) is 9.63 Å². The second kappa shape index (κ2) is 9.27. The van der Waals surface area contributed by atoms with Crippen LogP contribution in [0.1, 0.15) is 40.5 Å². The summed E-state index contributed by atoms with van der Waals surface area (Å²) in [7, 11) is 0. The van der Waals surface area contributed by atoms with Crippen molar-refractivity contribution in [2.45, 2.75) is 52.2 Å². The van der Waals surface area contributed by atoms with Crippen LogP contribution >= 0.6 is 0 Å². The molecule has 0 spiro atoms. The summed E-state index contributed by atoms with van der Waals surface area (Å²) in [5, 5.41) is 2.66. The quantitative estimate of drug-likeness (QED) is 0.559. The van der Waals surface area contributed by atoms with Crippen molar-refractivity contribution in [3.63, 3.8) is 0 Å². The fourth-order valence-corrected chi connectivity index (χ4v) is 2.10. The number of carbonyl (C=O) groups excluding carboxylic acids is 3. The summed E-state index contributed by atoms with van der Waals surface area (Å²) in [5.41, 5.74) is 1.67. The monoisotopic (exact) mass is 342 g/mol. The van der Waals surface area contributed by atoms with Crippen LogP contribution in [0.4, 0.5) is 4.79 Å². The average Bonchev–Trinajstić information content (AvgIpc) is 2.45. The van der Waals surface area contributed by atoms with Gasteiger partial charge in [-0.15, -0.1) is 0 Å². The molecule has 24 heavy (non-hydrogen) atoms. The molecule has 8 nitrogen and oxygen atoms in total. The number of alkyl carbamates (subject to hydrolysis) is 1. The first-order chi connectivity index (χ1) is 11.2. The maximum atomic E-state index is 12.0. The van der Waals surface area contributed by atoms with E-state index in [4.69, 9.17) is 14.3 Å². The van der Waals surface area contributed by atoms with E-state index in [0.717, 1.165) is 0 Å². The van der Waals surface area contributed by atoms with E-state index >= 15 is 0 Å². The van der Waals surface area contributed by atoms with Crippen LogP contribution < -0.4 is 10.8 Å². The molecule has 1 heterocycles. The Morgan fingerprint density at radius 3 is 2.75 bits per heavy atom. The van der Waals surface area contributed by atoms with Gasteiger partial charge in [0.25, 0.3) is 0 Å². The van der Waals surface area contributed by atoms with Crippen LogP contribution in [0.5, 0.6) is 0 Å². The third-order valence-electron chi connectivity index (χ3n) is 3.10. The third-order valence-corrected chi connectivity index (χ3v) is 3.10. The minimum atomic E-state index is -0.643. The first kappa shape index (κ1) is 20.0. The molecule has 136 valence electrons. The van der Waals surface area contributed by atoms with E-state index in [9.17, 15) is 14.4 Å². The summed E-state index contributed by atoms with van der Waals surface area (Å²) in [6, 6.07) is -0.543. The number of rotatable bonds is 6. The molecule has 0 bridgehead atoms. The fourth-order valence-electron chi connectivity index (χ4n) is 2.10. The minimum absolute atomic E-state index is 0.248. The molecule has 1 fully saturated rings. The van der Waals surface area contributed by atoms with Gasteiger partial charge >= 0.3 is 12.1 Å². The summed E-state index contributed by atoms with van der Waals surface area (Å²) < 4.78 is 10.0. The van der Waals surface area contributed by atoms with Crippen molar-refractivity contribution in [1.29, 1.82) is 0 Å². The SMILES string of the molecule is CCOC(=O)C=C[C@H](C[C@@H]1CCONC1=O)NC(=O)OC(C)(C)C. The zero-order valence-corrected chi connectivity index (χ0v) is 14.6. The van der Waals surface area contributed by atoms with E-state index in [1.807, 2.05) is 0 Å². The largest absolute Gasteiger partial charge is 0.463 e. The molecule has 2 amide bonds. The molecule has 2 atom stereocenters. The summed E-state index contributed by atoms with van der Waals surface area (Å²) in [5.74, 6) is -1.09. The van der Waals surface area contributed by atoms with Gasteiger partial charge in [-0.1, -0.05) is 6.08 Å². The highest BCUT2D eigenvalue weighted by Gasteiger charge is 2.27. The highest BCUT2D eigenvalue weighted by molar-refractivity contribution is 5.82. The van der Waals surface area contributed by atoms with Crippen LogP contribution in [0.2, 0.25) is 0 Å². The molecule has 1 aliphatic heterocycles. The van der Waals surface area contributed by atoms with E-state index in [1.54, 1.807) is 27.7 Å². The molecule has 0 radical (unpaired) electrons. The van der Waals surface area contributed by atoms with Crippen LogP contribution in [-0.4, -0.2) is 42.8 Å². The van der Waals surface area contributed by atoms with Crippen molar-refractivity contribution < 1.29 is 28.7 Å². The Morgan fingerprint density at radius 2 is 2.17 bits per heavy atom. The number of carbonyl (C=O) groups is 3. The van der Waals surface area contributed by atoms with Gasteiger partial charge in [0, 0.05) is 12.0 Å². The Labute approximate surface area is 141 Å². The zero-order chi connectivity index (χ0) is 18.2. The number of ether oxygens (including phenoxy) is 2. The van der Waals surface area contributed by atoms with Crippen LogP contribution in [0, 0.1) is 5.92 Å². The molecular formula is C16H26N2O6. The van der Waals surface area contributed by atoms with Crippen molar-refractivity contribution >= 4 is 18.0 Å².